The summed E-state index contributed by atoms with van der Waals surface area (Å²) in [4.78, 5) is 0.200. The van der Waals surface area contributed by atoms with Gasteiger partial charge in [0.2, 0.25) is 0 Å². The summed E-state index contributed by atoms with van der Waals surface area (Å²) in [5, 5.41) is 0.466. The molecule has 3 heteroatoms. The molecular formula is C12H10BrClO. The Morgan fingerprint density at radius 1 is 1.20 bits per heavy atom. The van der Waals surface area contributed by atoms with Crippen LogP contribution < -0.4 is 0 Å². The number of hydrogen-bond acceptors (Lipinski definition) is 1. The summed E-state index contributed by atoms with van der Waals surface area (Å²) in [6.45, 7) is 0. The molecule has 1 heterocycles. The minimum absolute atomic E-state index is 0.200. The molecule has 1 aromatic heterocycles. The minimum Gasteiger partial charge on any atom is -0.453 e. The SMILES string of the molecule is Clc1occc1C(Br)Cc1ccccc1. The van der Waals surface area contributed by atoms with Crippen molar-refractivity contribution in [1.82, 2.24) is 0 Å². The molecule has 0 aliphatic rings. The quantitative estimate of drug-likeness (QED) is 0.751. The smallest absolute Gasteiger partial charge is 0.197 e. The van der Waals surface area contributed by atoms with Crippen LogP contribution in [0.2, 0.25) is 5.22 Å². The molecule has 1 nitrogen and oxygen atoms in total. The number of benzene rings is 1. The van der Waals surface area contributed by atoms with Gasteiger partial charge >= 0.3 is 0 Å². The van der Waals surface area contributed by atoms with E-state index in [1.807, 2.05) is 24.3 Å². The maximum absolute atomic E-state index is 5.90. The zero-order valence-corrected chi connectivity index (χ0v) is 10.3. The maximum atomic E-state index is 5.90. The molecule has 0 saturated heterocycles. The van der Waals surface area contributed by atoms with Gasteiger partial charge in [0.1, 0.15) is 0 Å². The van der Waals surface area contributed by atoms with Crippen LogP contribution in [0.25, 0.3) is 0 Å². The monoisotopic (exact) mass is 284 g/mol. The van der Waals surface area contributed by atoms with E-state index < -0.39 is 0 Å². The summed E-state index contributed by atoms with van der Waals surface area (Å²) in [5.74, 6) is 0. The Labute approximate surface area is 102 Å². The molecule has 1 aromatic carbocycles. The van der Waals surface area contributed by atoms with Crippen molar-refractivity contribution in [2.75, 3.05) is 0 Å². The first kappa shape index (κ1) is 10.8. The molecule has 0 spiro atoms. The van der Waals surface area contributed by atoms with Crippen LogP contribution in [0.1, 0.15) is 16.0 Å². The summed E-state index contributed by atoms with van der Waals surface area (Å²) in [6.07, 6.45) is 2.51. The van der Waals surface area contributed by atoms with Crippen molar-refractivity contribution in [3.8, 4) is 0 Å². The van der Waals surface area contributed by atoms with Crippen LogP contribution in [0.4, 0.5) is 0 Å². The highest BCUT2D eigenvalue weighted by atomic mass is 79.9. The standard InChI is InChI=1S/C12H10BrClO/c13-11(10-6-7-15-12(10)14)8-9-4-2-1-3-5-9/h1-7,11H,8H2. The van der Waals surface area contributed by atoms with Crippen LogP contribution in [0, 0.1) is 0 Å². The molecule has 0 amide bonds. The normalized spacial score (nSPS) is 12.7. The van der Waals surface area contributed by atoms with Crippen molar-refractivity contribution in [1.29, 1.82) is 0 Å². The zero-order valence-electron chi connectivity index (χ0n) is 7.99. The lowest BCUT2D eigenvalue weighted by Gasteiger charge is -2.07. The van der Waals surface area contributed by atoms with Gasteiger partial charge in [-0.3, -0.25) is 0 Å². The van der Waals surface area contributed by atoms with Gasteiger partial charge in [0.25, 0.3) is 0 Å². The molecule has 2 rings (SSSR count). The molecule has 1 unspecified atom stereocenters. The third-order valence-corrected chi connectivity index (χ3v) is 3.37. The molecule has 0 saturated carbocycles. The van der Waals surface area contributed by atoms with E-state index in [0.717, 1.165) is 12.0 Å². The Morgan fingerprint density at radius 2 is 1.93 bits per heavy atom. The molecule has 15 heavy (non-hydrogen) atoms. The second-order valence-corrected chi connectivity index (χ2v) is 4.76. The predicted octanol–water partition coefficient (Wildman–Crippen LogP) is 4.61. The van der Waals surface area contributed by atoms with E-state index in [1.165, 1.54) is 5.56 Å². The van der Waals surface area contributed by atoms with Crippen LogP contribution in [0.15, 0.2) is 47.1 Å². The van der Waals surface area contributed by atoms with Gasteiger partial charge in [-0.05, 0) is 29.7 Å². The van der Waals surface area contributed by atoms with Gasteiger partial charge in [-0.1, -0.05) is 46.3 Å². The van der Waals surface area contributed by atoms with Crippen molar-refractivity contribution in [2.45, 2.75) is 11.2 Å². The van der Waals surface area contributed by atoms with E-state index in [9.17, 15) is 0 Å². The molecule has 0 bridgehead atoms. The van der Waals surface area contributed by atoms with Crippen LogP contribution in [0.3, 0.4) is 0 Å². The molecule has 2 aromatic rings. The Kier molecular flexibility index (Phi) is 3.49. The van der Waals surface area contributed by atoms with Crippen molar-refractivity contribution in [3.63, 3.8) is 0 Å². The van der Waals surface area contributed by atoms with Crippen LogP contribution in [-0.4, -0.2) is 0 Å². The van der Waals surface area contributed by atoms with Gasteiger partial charge in [-0.25, -0.2) is 0 Å². The van der Waals surface area contributed by atoms with Crippen molar-refractivity contribution in [2.24, 2.45) is 0 Å². The highest BCUT2D eigenvalue weighted by Gasteiger charge is 2.13. The number of rotatable bonds is 3. The third kappa shape index (κ3) is 2.64. The number of halogens is 2. The van der Waals surface area contributed by atoms with Crippen molar-refractivity contribution in [3.05, 3.63) is 59.0 Å². The zero-order chi connectivity index (χ0) is 10.7. The highest BCUT2D eigenvalue weighted by molar-refractivity contribution is 9.09. The fourth-order valence-corrected chi connectivity index (χ4v) is 2.57. The fraction of sp³-hybridized carbons (Fsp3) is 0.167. The molecule has 0 aliphatic heterocycles. The lowest BCUT2D eigenvalue weighted by molar-refractivity contribution is 0.565. The van der Waals surface area contributed by atoms with Crippen LogP contribution in [-0.2, 0) is 6.42 Å². The fourth-order valence-electron chi connectivity index (χ4n) is 1.46. The molecule has 78 valence electrons. The summed E-state index contributed by atoms with van der Waals surface area (Å²) in [6, 6.07) is 12.2. The van der Waals surface area contributed by atoms with E-state index >= 15 is 0 Å². The molecule has 1 atom stereocenters. The van der Waals surface area contributed by atoms with Gasteiger partial charge in [0.05, 0.1) is 6.26 Å². The first-order valence-electron chi connectivity index (χ1n) is 4.68. The van der Waals surface area contributed by atoms with E-state index in [4.69, 9.17) is 16.0 Å². The lowest BCUT2D eigenvalue weighted by atomic mass is 10.1. The highest BCUT2D eigenvalue weighted by Crippen LogP contribution is 2.32. The Bertz CT molecular complexity index is 424. The van der Waals surface area contributed by atoms with Crippen molar-refractivity contribution >= 4 is 27.5 Å². The Hall–Kier alpha value is -0.730. The van der Waals surface area contributed by atoms with Gasteiger partial charge in [-0.2, -0.15) is 0 Å². The summed E-state index contributed by atoms with van der Waals surface area (Å²) in [7, 11) is 0. The van der Waals surface area contributed by atoms with Gasteiger partial charge in [0, 0.05) is 10.4 Å². The lowest BCUT2D eigenvalue weighted by Crippen LogP contribution is -1.93. The molecule has 0 radical (unpaired) electrons. The average Bonchev–Trinajstić information content (AvgIpc) is 2.66. The van der Waals surface area contributed by atoms with E-state index in [-0.39, 0.29) is 4.83 Å². The molecular weight excluding hydrogens is 275 g/mol. The second kappa shape index (κ2) is 4.86. The van der Waals surface area contributed by atoms with E-state index in [0.29, 0.717) is 5.22 Å². The molecule has 0 aliphatic carbocycles. The number of hydrogen-bond donors (Lipinski definition) is 0. The Balaban J connectivity index is 2.11. The number of alkyl halides is 1. The second-order valence-electron chi connectivity index (χ2n) is 3.31. The average molecular weight is 286 g/mol. The van der Waals surface area contributed by atoms with E-state index in [2.05, 4.69) is 28.1 Å². The maximum Gasteiger partial charge on any atom is 0.197 e. The molecule has 0 fully saturated rings. The van der Waals surface area contributed by atoms with Crippen LogP contribution >= 0.6 is 27.5 Å². The Morgan fingerprint density at radius 3 is 2.53 bits per heavy atom. The summed E-state index contributed by atoms with van der Waals surface area (Å²) >= 11 is 9.51. The summed E-state index contributed by atoms with van der Waals surface area (Å²) in [5.41, 5.74) is 2.28. The largest absolute Gasteiger partial charge is 0.453 e. The summed E-state index contributed by atoms with van der Waals surface area (Å²) < 4.78 is 5.06. The van der Waals surface area contributed by atoms with Gasteiger partial charge in [0.15, 0.2) is 5.22 Å². The van der Waals surface area contributed by atoms with E-state index in [1.54, 1.807) is 6.26 Å². The predicted molar refractivity (Wildman–Crippen MR) is 65.5 cm³/mol. The van der Waals surface area contributed by atoms with Gasteiger partial charge < -0.3 is 4.42 Å². The van der Waals surface area contributed by atoms with Crippen molar-refractivity contribution < 1.29 is 4.42 Å². The molecule has 0 N–H and O–H groups in total. The minimum atomic E-state index is 0.200. The van der Waals surface area contributed by atoms with Gasteiger partial charge in [-0.15, -0.1) is 0 Å². The number of furan rings is 1. The first-order valence-corrected chi connectivity index (χ1v) is 5.97. The third-order valence-electron chi connectivity index (χ3n) is 2.24. The van der Waals surface area contributed by atoms with Crippen LogP contribution in [0.5, 0.6) is 0 Å². The topological polar surface area (TPSA) is 13.1 Å². The first-order chi connectivity index (χ1) is 7.27.